The van der Waals surface area contributed by atoms with Crippen molar-refractivity contribution in [3.8, 4) is 0 Å². The van der Waals surface area contributed by atoms with Crippen LogP contribution in [0.4, 0.5) is 0 Å². The lowest BCUT2D eigenvalue weighted by Crippen LogP contribution is -1.98. The second kappa shape index (κ2) is 1.29. The Morgan fingerprint density at radius 2 is 1.60 bits per heavy atom. The number of hydrogen-bond acceptors (Lipinski definition) is 0. The van der Waals surface area contributed by atoms with E-state index in [9.17, 15) is 0 Å². The van der Waals surface area contributed by atoms with Crippen molar-refractivity contribution in [3.63, 3.8) is 0 Å². The van der Waals surface area contributed by atoms with Crippen molar-refractivity contribution < 1.29 is 0 Å². The summed E-state index contributed by atoms with van der Waals surface area (Å²) in [4.78, 5) is 0. The van der Waals surface area contributed by atoms with Crippen molar-refractivity contribution in [1.82, 2.24) is 0 Å². The van der Waals surface area contributed by atoms with E-state index >= 15 is 0 Å². The van der Waals surface area contributed by atoms with E-state index in [0.717, 1.165) is 0 Å². The number of halogens is 1. The van der Waals surface area contributed by atoms with Gasteiger partial charge in [0.2, 0.25) is 0 Å². The van der Waals surface area contributed by atoms with Gasteiger partial charge in [-0.2, -0.15) is 0 Å². The summed E-state index contributed by atoms with van der Waals surface area (Å²) in [6.45, 7) is 7.67. The molecule has 31 valence electrons. The minimum atomic E-state index is 0.0625. The molecule has 0 amide bonds. The lowest BCUT2D eigenvalue weighted by Gasteiger charge is -2.02. The normalized spacial score (nSPS) is 12.0. The van der Waals surface area contributed by atoms with Crippen LogP contribution in [0.25, 0.3) is 0 Å². The molecule has 0 rings (SSSR count). The molecule has 0 saturated carbocycles. The Kier molecular flexibility index (Phi) is 1.42. The molecule has 0 saturated heterocycles. The second-order valence-electron chi connectivity index (χ2n) is 1.72. The maximum absolute atomic E-state index is 3.69. The maximum atomic E-state index is 3.69. The van der Waals surface area contributed by atoms with Gasteiger partial charge in [0.25, 0.3) is 0 Å². The Balaban J connectivity index is 3.02. The molecule has 0 aliphatic carbocycles. The first-order valence-electron chi connectivity index (χ1n) is 1.54. The number of rotatable bonds is 0. The van der Waals surface area contributed by atoms with E-state index in [1.54, 1.807) is 0 Å². The van der Waals surface area contributed by atoms with Crippen LogP contribution in [0.1, 0.15) is 13.8 Å². The summed E-state index contributed by atoms with van der Waals surface area (Å²) in [6.07, 6.45) is 0. The third kappa shape index (κ3) is 120. The van der Waals surface area contributed by atoms with Gasteiger partial charge in [-0.1, -0.05) is 29.8 Å². The van der Waals surface area contributed by atoms with E-state index < -0.39 is 0 Å². The fourth-order valence-corrected chi connectivity index (χ4v) is 0. The van der Waals surface area contributed by atoms with E-state index in [0.29, 0.717) is 0 Å². The van der Waals surface area contributed by atoms with Crippen LogP contribution < -0.4 is 0 Å². The first kappa shape index (κ1) is 5.48. The molecule has 1 heteroatoms. The molecule has 0 aromatic rings. The van der Waals surface area contributed by atoms with Crippen LogP contribution >= 0.6 is 15.9 Å². The first-order valence-corrected chi connectivity index (χ1v) is 2.34. The van der Waals surface area contributed by atoms with Gasteiger partial charge in [-0.15, -0.1) is 0 Å². The molecule has 0 fully saturated rings. The number of hydrogen-bond donors (Lipinski definition) is 0. The van der Waals surface area contributed by atoms with Crippen molar-refractivity contribution in [2.75, 3.05) is 0 Å². The minimum absolute atomic E-state index is 0.0625. The highest BCUT2D eigenvalue weighted by molar-refractivity contribution is 9.10. The fraction of sp³-hybridized carbons (Fsp3) is 0.750. The van der Waals surface area contributed by atoms with Crippen LogP contribution in [-0.2, 0) is 0 Å². The van der Waals surface area contributed by atoms with Crippen molar-refractivity contribution in [1.29, 1.82) is 0 Å². The Morgan fingerprint density at radius 1 is 1.60 bits per heavy atom. The molecule has 0 aromatic carbocycles. The lowest BCUT2D eigenvalue weighted by molar-refractivity contribution is 0.917. The zero-order valence-electron chi connectivity index (χ0n) is 3.59. The molecular formula is C4H8Br. The molecule has 1 radical (unpaired) electrons. The van der Waals surface area contributed by atoms with Crippen molar-refractivity contribution in [3.05, 3.63) is 6.92 Å². The van der Waals surface area contributed by atoms with E-state index in [2.05, 4.69) is 22.9 Å². The Labute approximate surface area is 41.7 Å². The van der Waals surface area contributed by atoms with Crippen LogP contribution in [0.2, 0.25) is 0 Å². The van der Waals surface area contributed by atoms with E-state index in [1.807, 2.05) is 13.8 Å². The largest absolute Gasteiger partial charge is 0.0859 e. The highest BCUT2D eigenvalue weighted by Gasteiger charge is 1.98. The van der Waals surface area contributed by atoms with Gasteiger partial charge in [0.15, 0.2) is 0 Å². The lowest BCUT2D eigenvalue weighted by atomic mass is 10.3. The third-order valence-corrected chi connectivity index (χ3v) is 0. The summed E-state index contributed by atoms with van der Waals surface area (Å²) in [5.74, 6) is 0. The summed E-state index contributed by atoms with van der Waals surface area (Å²) in [5.41, 5.74) is 0. The Bertz CT molecular complexity index is 19.1. The molecule has 0 heterocycles. The van der Waals surface area contributed by atoms with Crippen LogP contribution in [0.5, 0.6) is 0 Å². The Morgan fingerprint density at radius 3 is 1.60 bits per heavy atom. The van der Waals surface area contributed by atoms with Crippen molar-refractivity contribution in [2.45, 2.75) is 18.2 Å². The monoisotopic (exact) mass is 135 g/mol. The van der Waals surface area contributed by atoms with Crippen LogP contribution in [0.15, 0.2) is 0 Å². The van der Waals surface area contributed by atoms with Gasteiger partial charge in [0.05, 0.1) is 0 Å². The average molecular weight is 136 g/mol. The maximum Gasteiger partial charge on any atom is 0.0202 e. The van der Waals surface area contributed by atoms with Crippen LogP contribution in [0.3, 0.4) is 0 Å². The summed E-state index contributed by atoms with van der Waals surface area (Å²) >= 11 is 3.26. The predicted octanol–water partition coefficient (Wildman–Crippen LogP) is 1.99. The van der Waals surface area contributed by atoms with E-state index in [-0.39, 0.29) is 4.32 Å². The summed E-state index contributed by atoms with van der Waals surface area (Å²) in [6, 6.07) is 0. The molecule has 0 spiro atoms. The molecular weight excluding hydrogens is 128 g/mol. The molecule has 0 nitrogen and oxygen atoms in total. The van der Waals surface area contributed by atoms with Gasteiger partial charge in [0.1, 0.15) is 0 Å². The summed E-state index contributed by atoms with van der Waals surface area (Å²) in [7, 11) is 0. The fourth-order valence-electron chi connectivity index (χ4n) is 0. The first-order chi connectivity index (χ1) is 2.00. The molecule has 0 aliphatic rings. The van der Waals surface area contributed by atoms with Crippen molar-refractivity contribution >= 4 is 15.9 Å². The zero-order chi connectivity index (χ0) is 4.50. The third-order valence-electron chi connectivity index (χ3n) is 0. The smallest absolute Gasteiger partial charge is 0.0202 e. The summed E-state index contributed by atoms with van der Waals surface area (Å²) in [5, 5.41) is 0. The summed E-state index contributed by atoms with van der Waals surface area (Å²) < 4.78 is 0.0625. The predicted molar refractivity (Wildman–Crippen MR) is 28.4 cm³/mol. The molecule has 0 aliphatic heterocycles. The standard InChI is InChI=1S/C4H8Br/c1-4(2,3)5/h1H2,2-3H3. The highest BCUT2D eigenvalue weighted by atomic mass is 79.9. The van der Waals surface area contributed by atoms with Gasteiger partial charge in [0, 0.05) is 4.32 Å². The van der Waals surface area contributed by atoms with Crippen LogP contribution in [0, 0.1) is 6.92 Å². The van der Waals surface area contributed by atoms with Gasteiger partial charge in [-0.25, -0.2) is 0 Å². The molecule has 0 unspecified atom stereocenters. The van der Waals surface area contributed by atoms with Gasteiger partial charge >= 0.3 is 0 Å². The van der Waals surface area contributed by atoms with E-state index in [4.69, 9.17) is 0 Å². The topological polar surface area (TPSA) is 0 Å². The quantitative estimate of drug-likeness (QED) is 0.446. The molecule has 5 heavy (non-hydrogen) atoms. The average Bonchev–Trinajstić information content (AvgIpc) is 0.722. The Hall–Kier alpha value is 0.480. The zero-order valence-corrected chi connectivity index (χ0v) is 5.17. The highest BCUT2D eigenvalue weighted by Crippen LogP contribution is 2.11. The molecule has 0 N–H and O–H groups in total. The van der Waals surface area contributed by atoms with Gasteiger partial charge < -0.3 is 0 Å². The van der Waals surface area contributed by atoms with Gasteiger partial charge in [-0.05, 0) is 6.92 Å². The molecule has 0 bridgehead atoms. The van der Waals surface area contributed by atoms with Crippen LogP contribution in [-0.4, -0.2) is 4.32 Å². The molecule has 0 atom stereocenters. The SMILES string of the molecule is [CH2]C(C)(C)Br. The molecule has 0 aromatic heterocycles. The van der Waals surface area contributed by atoms with E-state index in [1.165, 1.54) is 0 Å². The van der Waals surface area contributed by atoms with Gasteiger partial charge in [-0.3, -0.25) is 0 Å². The second-order valence-corrected chi connectivity index (χ2v) is 3.87. The number of alkyl halides is 1. The van der Waals surface area contributed by atoms with Crippen molar-refractivity contribution in [2.24, 2.45) is 0 Å². The minimum Gasteiger partial charge on any atom is -0.0859 e.